The third-order valence-electron chi connectivity index (χ3n) is 6.56. The van der Waals surface area contributed by atoms with Gasteiger partial charge in [0.15, 0.2) is 11.6 Å². The molecule has 3 aromatic carbocycles. The summed E-state index contributed by atoms with van der Waals surface area (Å²) in [5.74, 6) is -1.71. The van der Waals surface area contributed by atoms with E-state index in [1.165, 1.54) is 4.90 Å². The Bertz CT molecular complexity index is 1280. The van der Waals surface area contributed by atoms with E-state index in [9.17, 15) is 14.4 Å². The Labute approximate surface area is 194 Å². The van der Waals surface area contributed by atoms with Crippen molar-refractivity contribution in [1.29, 1.82) is 0 Å². The highest BCUT2D eigenvalue weighted by molar-refractivity contribution is 9.10. The van der Waals surface area contributed by atoms with Crippen LogP contribution in [0.2, 0.25) is 0 Å². The number of allylic oxidation sites excluding steroid dienone is 2. The number of likely N-dealkylation sites (N-methyl/N-ethyl adjacent to an activating group) is 1. The number of fused-ring (bicyclic) bond motifs is 2. The number of benzene rings is 3. The van der Waals surface area contributed by atoms with Crippen LogP contribution in [0.25, 0.3) is 5.57 Å². The SMILES string of the molecule is CN1C(=O)[C@@]2(C(=O)C=C(c3ccc(Br)cc3)C[C@H]2C(=O)c2ccccc2)c2ccccc21. The fourth-order valence-electron chi connectivity index (χ4n) is 5.00. The number of rotatable bonds is 3. The van der Waals surface area contributed by atoms with Crippen molar-refractivity contribution in [3.05, 3.63) is 106 Å². The molecule has 0 saturated carbocycles. The molecule has 0 N–H and O–H groups in total. The Hall–Kier alpha value is -3.31. The maximum Gasteiger partial charge on any atom is 0.246 e. The second-order valence-corrected chi connectivity index (χ2v) is 9.13. The van der Waals surface area contributed by atoms with Crippen LogP contribution in [0.4, 0.5) is 5.69 Å². The highest BCUT2D eigenvalue weighted by Gasteiger charge is 2.62. The zero-order valence-electron chi connectivity index (χ0n) is 17.4. The molecule has 1 heterocycles. The van der Waals surface area contributed by atoms with Gasteiger partial charge in [-0.3, -0.25) is 14.4 Å². The van der Waals surface area contributed by atoms with Gasteiger partial charge in [0.05, 0.1) is 5.92 Å². The summed E-state index contributed by atoms with van der Waals surface area (Å²) >= 11 is 3.44. The lowest BCUT2D eigenvalue weighted by Gasteiger charge is -2.37. The van der Waals surface area contributed by atoms with Gasteiger partial charge in [-0.15, -0.1) is 0 Å². The molecule has 1 spiro atoms. The van der Waals surface area contributed by atoms with Crippen LogP contribution in [-0.4, -0.2) is 24.5 Å². The molecule has 0 unspecified atom stereocenters. The molecule has 0 radical (unpaired) electrons. The minimum absolute atomic E-state index is 0.194. The first kappa shape index (κ1) is 20.6. The molecule has 158 valence electrons. The van der Waals surface area contributed by atoms with Crippen molar-refractivity contribution in [2.75, 3.05) is 11.9 Å². The van der Waals surface area contributed by atoms with Gasteiger partial charge in [0, 0.05) is 22.8 Å². The van der Waals surface area contributed by atoms with E-state index >= 15 is 0 Å². The third kappa shape index (κ3) is 2.92. The van der Waals surface area contributed by atoms with Gasteiger partial charge in [-0.25, -0.2) is 0 Å². The molecule has 0 aromatic heterocycles. The van der Waals surface area contributed by atoms with Crippen LogP contribution in [0.3, 0.4) is 0 Å². The molecule has 0 saturated heterocycles. The van der Waals surface area contributed by atoms with E-state index in [1.807, 2.05) is 48.5 Å². The number of nitrogens with zero attached hydrogens (tertiary/aromatic N) is 1. The minimum atomic E-state index is -1.54. The van der Waals surface area contributed by atoms with Gasteiger partial charge in [0.25, 0.3) is 0 Å². The monoisotopic (exact) mass is 485 g/mol. The number of anilines is 1. The average molecular weight is 486 g/mol. The fraction of sp³-hybridized carbons (Fsp3) is 0.148. The fourth-order valence-corrected chi connectivity index (χ4v) is 5.26. The second kappa shape index (κ2) is 7.68. The smallest absolute Gasteiger partial charge is 0.246 e. The topological polar surface area (TPSA) is 54.5 Å². The highest BCUT2D eigenvalue weighted by Crippen LogP contribution is 2.52. The van der Waals surface area contributed by atoms with E-state index in [1.54, 1.807) is 43.5 Å². The number of amides is 1. The van der Waals surface area contributed by atoms with E-state index in [2.05, 4.69) is 15.9 Å². The number of Topliss-reactive ketones (excluding diaryl/α,β-unsaturated/α-hetero) is 1. The first-order valence-electron chi connectivity index (χ1n) is 10.4. The number of halogens is 1. The number of carbonyl (C=O) groups excluding carboxylic acids is 3. The first-order valence-corrected chi connectivity index (χ1v) is 11.2. The predicted octanol–water partition coefficient (Wildman–Crippen LogP) is 5.22. The third-order valence-corrected chi connectivity index (χ3v) is 7.09. The van der Waals surface area contributed by atoms with E-state index in [4.69, 9.17) is 0 Å². The molecule has 0 fully saturated rings. The van der Waals surface area contributed by atoms with Crippen molar-refractivity contribution in [3.63, 3.8) is 0 Å². The molecule has 5 rings (SSSR count). The summed E-state index contributed by atoms with van der Waals surface area (Å²) in [6.45, 7) is 0. The lowest BCUT2D eigenvalue weighted by Crippen LogP contribution is -2.54. The lowest BCUT2D eigenvalue weighted by atomic mass is 9.60. The summed E-state index contributed by atoms with van der Waals surface area (Å²) < 4.78 is 0.930. The Morgan fingerprint density at radius 1 is 0.938 bits per heavy atom. The standard InChI is InChI=1S/C27H20BrNO3/c1-29-23-10-6-5-9-21(23)27(26(29)32)22(25(31)18-7-3-2-4-8-18)15-19(16-24(27)30)17-11-13-20(28)14-12-17/h2-14,16,22H,15H2,1H3/t22-,27-/m0/s1. The summed E-state index contributed by atoms with van der Waals surface area (Å²) in [6, 6.07) is 23.9. The van der Waals surface area contributed by atoms with Gasteiger partial charge in [0.1, 0.15) is 5.41 Å². The van der Waals surface area contributed by atoms with Gasteiger partial charge in [-0.2, -0.15) is 0 Å². The van der Waals surface area contributed by atoms with Gasteiger partial charge >= 0.3 is 0 Å². The van der Waals surface area contributed by atoms with E-state index in [-0.39, 0.29) is 17.5 Å². The van der Waals surface area contributed by atoms with Crippen molar-refractivity contribution >= 4 is 44.7 Å². The molecular formula is C27H20BrNO3. The summed E-state index contributed by atoms with van der Waals surface area (Å²) in [5, 5.41) is 0. The lowest BCUT2D eigenvalue weighted by molar-refractivity contribution is -0.133. The molecule has 1 aliphatic heterocycles. The Kier molecular flexibility index (Phi) is 4.94. The van der Waals surface area contributed by atoms with Crippen LogP contribution >= 0.6 is 15.9 Å². The quantitative estimate of drug-likeness (QED) is 0.377. The highest BCUT2D eigenvalue weighted by atomic mass is 79.9. The molecule has 4 nitrogen and oxygen atoms in total. The van der Waals surface area contributed by atoms with Gasteiger partial charge in [0.2, 0.25) is 5.91 Å². The van der Waals surface area contributed by atoms with Crippen molar-refractivity contribution in [3.8, 4) is 0 Å². The number of carbonyl (C=O) groups is 3. The Morgan fingerprint density at radius 3 is 2.31 bits per heavy atom. The maximum absolute atomic E-state index is 13.8. The zero-order chi connectivity index (χ0) is 22.5. The van der Waals surface area contributed by atoms with Crippen LogP contribution in [0.5, 0.6) is 0 Å². The summed E-state index contributed by atoms with van der Waals surface area (Å²) in [5.41, 5.74) is 1.88. The van der Waals surface area contributed by atoms with Gasteiger partial charge < -0.3 is 4.90 Å². The zero-order valence-corrected chi connectivity index (χ0v) is 19.0. The van der Waals surface area contributed by atoms with Crippen LogP contribution in [-0.2, 0) is 15.0 Å². The number of ketones is 2. The molecule has 32 heavy (non-hydrogen) atoms. The predicted molar refractivity (Wildman–Crippen MR) is 128 cm³/mol. The van der Waals surface area contributed by atoms with Crippen LogP contribution in [0.15, 0.2) is 89.4 Å². The molecular weight excluding hydrogens is 466 g/mol. The van der Waals surface area contributed by atoms with Crippen molar-refractivity contribution in [2.45, 2.75) is 11.8 Å². The van der Waals surface area contributed by atoms with Crippen LogP contribution in [0, 0.1) is 5.92 Å². The Balaban J connectivity index is 1.73. The minimum Gasteiger partial charge on any atom is -0.314 e. The molecule has 5 heteroatoms. The van der Waals surface area contributed by atoms with E-state index < -0.39 is 11.3 Å². The van der Waals surface area contributed by atoms with E-state index in [0.29, 0.717) is 23.2 Å². The van der Waals surface area contributed by atoms with Crippen molar-refractivity contribution in [2.24, 2.45) is 5.92 Å². The molecule has 2 aliphatic rings. The van der Waals surface area contributed by atoms with Crippen LogP contribution in [0.1, 0.15) is 27.9 Å². The Morgan fingerprint density at radius 2 is 1.59 bits per heavy atom. The summed E-state index contributed by atoms with van der Waals surface area (Å²) in [7, 11) is 1.67. The molecule has 2 atom stereocenters. The normalized spacial score (nSPS) is 22.1. The summed E-state index contributed by atoms with van der Waals surface area (Å²) in [4.78, 5) is 42.9. The van der Waals surface area contributed by atoms with Crippen molar-refractivity contribution < 1.29 is 14.4 Å². The molecule has 0 bridgehead atoms. The average Bonchev–Trinajstić information content (AvgIpc) is 3.04. The largest absolute Gasteiger partial charge is 0.314 e. The number of hydrogen-bond acceptors (Lipinski definition) is 3. The molecule has 1 amide bonds. The van der Waals surface area contributed by atoms with E-state index in [0.717, 1.165) is 15.6 Å². The van der Waals surface area contributed by atoms with Crippen molar-refractivity contribution in [1.82, 2.24) is 0 Å². The van der Waals surface area contributed by atoms with Gasteiger partial charge in [-0.1, -0.05) is 76.6 Å². The van der Waals surface area contributed by atoms with Gasteiger partial charge in [-0.05, 0) is 47.4 Å². The number of para-hydroxylation sites is 1. The summed E-state index contributed by atoms with van der Waals surface area (Å²) in [6.07, 6.45) is 1.86. The number of hydrogen-bond donors (Lipinski definition) is 0. The molecule has 3 aromatic rings. The molecule has 1 aliphatic carbocycles. The van der Waals surface area contributed by atoms with Crippen LogP contribution < -0.4 is 4.90 Å². The first-order chi connectivity index (χ1) is 15.4. The second-order valence-electron chi connectivity index (χ2n) is 8.22. The maximum atomic E-state index is 13.8.